The van der Waals surface area contributed by atoms with Crippen LogP contribution >= 0.6 is 0 Å². The first kappa shape index (κ1) is 12.6. The summed E-state index contributed by atoms with van der Waals surface area (Å²) in [5.41, 5.74) is 0.608. The van der Waals surface area contributed by atoms with Crippen molar-refractivity contribution in [3.63, 3.8) is 0 Å². The molecule has 0 saturated heterocycles. The van der Waals surface area contributed by atoms with Crippen LogP contribution in [-0.4, -0.2) is 17.7 Å². The molecule has 0 heterocycles. The average molecular weight is 222 g/mol. The highest BCUT2D eigenvalue weighted by atomic mass is 16.5. The summed E-state index contributed by atoms with van der Waals surface area (Å²) in [5, 5.41) is 9.47. The van der Waals surface area contributed by atoms with Crippen LogP contribution < -0.4 is 0 Å². The molecule has 1 aromatic rings. The number of rotatable bonds is 5. The Hall–Kier alpha value is -1.51. The van der Waals surface area contributed by atoms with Crippen molar-refractivity contribution < 1.29 is 14.6 Å². The second-order valence-electron chi connectivity index (χ2n) is 4.21. The summed E-state index contributed by atoms with van der Waals surface area (Å²) in [6.45, 7) is 4.61. The zero-order chi connectivity index (χ0) is 12.0. The van der Waals surface area contributed by atoms with E-state index in [2.05, 4.69) is 13.8 Å². The Morgan fingerprint density at radius 3 is 2.69 bits per heavy atom. The molecule has 16 heavy (non-hydrogen) atoms. The van der Waals surface area contributed by atoms with Crippen molar-refractivity contribution in [2.45, 2.75) is 26.7 Å². The molecule has 0 aliphatic carbocycles. The third kappa shape index (κ3) is 4.34. The monoisotopic (exact) mass is 222 g/mol. The number of carbonyl (C=O) groups excluding carboxylic acids is 1. The number of para-hydroxylation sites is 1. The maximum atomic E-state index is 11.4. The molecule has 0 atom stereocenters. The Morgan fingerprint density at radius 2 is 2.06 bits per heavy atom. The number of phenolic OH excluding ortho intramolecular Hbond substituents is 1. The molecule has 0 spiro atoms. The van der Waals surface area contributed by atoms with E-state index >= 15 is 0 Å². The van der Waals surface area contributed by atoms with Gasteiger partial charge < -0.3 is 9.84 Å². The zero-order valence-corrected chi connectivity index (χ0v) is 9.77. The number of aromatic hydroxyl groups is 1. The molecule has 1 rings (SSSR count). The first-order chi connectivity index (χ1) is 7.59. The fraction of sp³-hybridized carbons (Fsp3) is 0.462. The number of esters is 1. The van der Waals surface area contributed by atoms with Crippen LogP contribution in [0.25, 0.3) is 0 Å². The fourth-order valence-electron chi connectivity index (χ4n) is 1.28. The van der Waals surface area contributed by atoms with Gasteiger partial charge in [-0.25, -0.2) is 0 Å². The lowest BCUT2D eigenvalue weighted by Gasteiger charge is -2.07. The number of carbonyl (C=O) groups is 1. The minimum Gasteiger partial charge on any atom is -0.508 e. The molecule has 0 aromatic heterocycles. The lowest BCUT2D eigenvalue weighted by molar-refractivity contribution is -0.143. The predicted molar refractivity (Wildman–Crippen MR) is 62.2 cm³/mol. The van der Waals surface area contributed by atoms with Crippen LogP contribution in [0.5, 0.6) is 5.75 Å². The van der Waals surface area contributed by atoms with E-state index in [1.165, 1.54) is 0 Å². The molecular formula is C13H18O3. The Morgan fingerprint density at radius 1 is 1.38 bits per heavy atom. The Kier molecular flexibility index (Phi) is 4.83. The largest absolute Gasteiger partial charge is 0.508 e. The summed E-state index contributed by atoms with van der Waals surface area (Å²) >= 11 is 0. The molecule has 1 aromatic carbocycles. The van der Waals surface area contributed by atoms with E-state index in [1.54, 1.807) is 24.3 Å². The summed E-state index contributed by atoms with van der Waals surface area (Å²) in [5.74, 6) is 0.378. The molecule has 0 radical (unpaired) electrons. The minimum atomic E-state index is -0.290. The molecule has 0 amide bonds. The van der Waals surface area contributed by atoms with Gasteiger partial charge in [-0.3, -0.25) is 4.79 Å². The molecule has 3 heteroatoms. The highest BCUT2D eigenvalue weighted by Gasteiger charge is 2.08. The van der Waals surface area contributed by atoms with E-state index < -0.39 is 0 Å². The van der Waals surface area contributed by atoms with Gasteiger partial charge >= 0.3 is 5.97 Å². The van der Waals surface area contributed by atoms with E-state index in [-0.39, 0.29) is 18.1 Å². The molecule has 0 aliphatic rings. The quantitative estimate of drug-likeness (QED) is 0.779. The Labute approximate surface area is 96.1 Å². The van der Waals surface area contributed by atoms with E-state index in [1.807, 2.05) is 0 Å². The molecular weight excluding hydrogens is 204 g/mol. The van der Waals surface area contributed by atoms with E-state index in [9.17, 15) is 9.90 Å². The van der Waals surface area contributed by atoms with Gasteiger partial charge in [0.25, 0.3) is 0 Å². The number of ether oxygens (including phenoxy) is 1. The summed E-state index contributed by atoms with van der Waals surface area (Å²) < 4.78 is 5.06. The maximum absolute atomic E-state index is 11.4. The molecule has 0 fully saturated rings. The smallest absolute Gasteiger partial charge is 0.310 e. The predicted octanol–water partition coefficient (Wildman–Crippen LogP) is 2.52. The number of hydrogen-bond donors (Lipinski definition) is 1. The summed E-state index contributed by atoms with van der Waals surface area (Å²) in [4.78, 5) is 11.4. The zero-order valence-electron chi connectivity index (χ0n) is 9.77. The van der Waals surface area contributed by atoms with Gasteiger partial charge in [-0.05, 0) is 18.4 Å². The number of phenols is 1. The second kappa shape index (κ2) is 6.16. The van der Waals surface area contributed by atoms with Crippen molar-refractivity contribution in [3.8, 4) is 5.75 Å². The van der Waals surface area contributed by atoms with E-state index in [4.69, 9.17) is 4.74 Å². The normalized spacial score (nSPS) is 10.4. The molecule has 1 N–H and O–H groups in total. The van der Waals surface area contributed by atoms with Crippen LogP contribution in [0.15, 0.2) is 24.3 Å². The van der Waals surface area contributed by atoms with Crippen LogP contribution in [0.4, 0.5) is 0 Å². The third-order valence-electron chi connectivity index (χ3n) is 2.28. The summed E-state index contributed by atoms with van der Waals surface area (Å²) in [6, 6.07) is 6.80. The van der Waals surface area contributed by atoms with Crippen molar-refractivity contribution in [3.05, 3.63) is 29.8 Å². The third-order valence-corrected chi connectivity index (χ3v) is 2.28. The van der Waals surface area contributed by atoms with Crippen LogP contribution in [-0.2, 0) is 16.0 Å². The van der Waals surface area contributed by atoms with E-state index in [0.29, 0.717) is 18.1 Å². The van der Waals surface area contributed by atoms with Crippen molar-refractivity contribution in [1.82, 2.24) is 0 Å². The SMILES string of the molecule is CC(C)CCOC(=O)Cc1ccccc1O. The van der Waals surface area contributed by atoms with Crippen molar-refractivity contribution in [1.29, 1.82) is 0 Å². The van der Waals surface area contributed by atoms with Crippen LogP contribution in [0.3, 0.4) is 0 Å². The molecule has 0 bridgehead atoms. The Bertz CT molecular complexity index is 345. The second-order valence-corrected chi connectivity index (χ2v) is 4.21. The van der Waals surface area contributed by atoms with E-state index in [0.717, 1.165) is 6.42 Å². The van der Waals surface area contributed by atoms with Crippen molar-refractivity contribution in [2.24, 2.45) is 5.92 Å². The number of benzene rings is 1. The minimum absolute atomic E-state index is 0.130. The highest BCUT2D eigenvalue weighted by molar-refractivity contribution is 5.73. The molecule has 0 unspecified atom stereocenters. The Balaban J connectivity index is 2.37. The first-order valence-corrected chi connectivity index (χ1v) is 5.52. The molecule has 0 aliphatic heterocycles. The van der Waals surface area contributed by atoms with Gasteiger partial charge in [-0.2, -0.15) is 0 Å². The van der Waals surface area contributed by atoms with Gasteiger partial charge in [-0.1, -0.05) is 32.0 Å². The average Bonchev–Trinajstić information content (AvgIpc) is 2.21. The van der Waals surface area contributed by atoms with Crippen molar-refractivity contribution >= 4 is 5.97 Å². The van der Waals surface area contributed by atoms with Gasteiger partial charge in [0.2, 0.25) is 0 Å². The van der Waals surface area contributed by atoms with Crippen LogP contribution in [0, 0.1) is 5.92 Å². The maximum Gasteiger partial charge on any atom is 0.310 e. The van der Waals surface area contributed by atoms with Crippen LogP contribution in [0.1, 0.15) is 25.8 Å². The lowest BCUT2D eigenvalue weighted by atomic mass is 10.1. The first-order valence-electron chi connectivity index (χ1n) is 5.52. The molecule has 3 nitrogen and oxygen atoms in total. The highest BCUT2D eigenvalue weighted by Crippen LogP contribution is 2.16. The summed E-state index contributed by atoms with van der Waals surface area (Å²) in [6.07, 6.45) is 0.997. The standard InChI is InChI=1S/C13H18O3/c1-10(2)7-8-16-13(15)9-11-5-3-4-6-12(11)14/h3-6,10,14H,7-9H2,1-2H3. The van der Waals surface area contributed by atoms with Crippen molar-refractivity contribution in [2.75, 3.05) is 6.61 Å². The fourth-order valence-corrected chi connectivity index (χ4v) is 1.28. The molecule has 0 saturated carbocycles. The summed E-state index contributed by atoms with van der Waals surface area (Å²) in [7, 11) is 0. The van der Waals surface area contributed by atoms with Gasteiger partial charge in [-0.15, -0.1) is 0 Å². The number of hydrogen-bond acceptors (Lipinski definition) is 3. The molecule has 88 valence electrons. The van der Waals surface area contributed by atoms with Crippen LogP contribution in [0.2, 0.25) is 0 Å². The van der Waals surface area contributed by atoms with Gasteiger partial charge in [0.05, 0.1) is 13.0 Å². The topological polar surface area (TPSA) is 46.5 Å². The van der Waals surface area contributed by atoms with Gasteiger partial charge in [0.1, 0.15) is 5.75 Å². The van der Waals surface area contributed by atoms with Gasteiger partial charge in [0, 0.05) is 5.56 Å². The lowest BCUT2D eigenvalue weighted by Crippen LogP contribution is -2.10. The van der Waals surface area contributed by atoms with Gasteiger partial charge in [0.15, 0.2) is 0 Å².